The van der Waals surface area contributed by atoms with Crippen LogP contribution in [0.3, 0.4) is 0 Å². The summed E-state index contributed by atoms with van der Waals surface area (Å²) in [5.41, 5.74) is 10.3. The van der Waals surface area contributed by atoms with E-state index in [1.807, 2.05) is 43.9 Å². The van der Waals surface area contributed by atoms with Gasteiger partial charge in [0, 0.05) is 25.5 Å². The lowest BCUT2D eigenvalue weighted by Crippen LogP contribution is -2.25. The van der Waals surface area contributed by atoms with Gasteiger partial charge >= 0.3 is 0 Å². The maximum Gasteiger partial charge on any atom is 0.282 e. The number of allylic oxidation sites excluding steroid dienone is 10. The van der Waals surface area contributed by atoms with Crippen molar-refractivity contribution in [1.82, 2.24) is 28.7 Å². The highest BCUT2D eigenvalue weighted by molar-refractivity contribution is 5.96. The molecule has 3 aromatic rings. The molecule has 3 heterocycles. The Balaban J connectivity index is 1.49. The van der Waals surface area contributed by atoms with Gasteiger partial charge in [0.2, 0.25) is 5.95 Å². The van der Waals surface area contributed by atoms with Crippen molar-refractivity contribution in [2.24, 2.45) is 12.5 Å². The van der Waals surface area contributed by atoms with E-state index in [1.54, 1.807) is 0 Å². The average Bonchev–Trinajstić information content (AvgIpc) is 3.53. The van der Waals surface area contributed by atoms with E-state index in [4.69, 9.17) is 5.73 Å². The number of nitrogen functional groups attached to an aromatic ring is 1. The Bertz CT molecular complexity index is 1570. The van der Waals surface area contributed by atoms with Crippen LogP contribution >= 0.6 is 0 Å². The summed E-state index contributed by atoms with van der Waals surface area (Å²) >= 11 is 0. The first kappa shape index (κ1) is 26.8. The SMILES string of the molecule is CC(C=CC1=C(C)C(n2ccnc2)CCC1(C)C)=CC=CC(C)=CC(=O)n1cnc2c(=O)n(C)c(N)nc21. The number of rotatable bonds is 6. The van der Waals surface area contributed by atoms with Crippen molar-refractivity contribution in [3.63, 3.8) is 0 Å². The van der Waals surface area contributed by atoms with Gasteiger partial charge in [0.15, 0.2) is 11.2 Å². The first-order valence-corrected chi connectivity index (χ1v) is 12.6. The topological polar surface area (TPSA) is 114 Å². The van der Waals surface area contributed by atoms with E-state index in [9.17, 15) is 9.59 Å². The van der Waals surface area contributed by atoms with Crippen molar-refractivity contribution >= 4 is 23.0 Å². The minimum atomic E-state index is -0.395. The highest BCUT2D eigenvalue weighted by Gasteiger charge is 2.32. The second-order valence-corrected chi connectivity index (χ2v) is 10.5. The van der Waals surface area contributed by atoms with Crippen molar-refractivity contribution in [3.8, 4) is 0 Å². The molecule has 3 aromatic heterocycles. The van der Waals surface area contributed by atoms with Gasteiger partial charge in [-0.3, -0.25) is 14.2 Å². The summed E-state index contributed by atoms with van der Waals surface area (Å²) in [4.78, 5) is 37.5. The molecular formula is C29H35N7O2. The summed E-state index contributed by atoms with van der Waals surface area (Å²) in [6, 6.07) is 0.335. The molecule has 9 nitrogen and oxygen atoms in total. The number of imidazole rings is 2. The molecule has 198 valence electrons. The van der Waals surface area contributed by atoms with E-state index in [0.717, 1.165) is 24.0 Å². The lowest BCUT2D eigenvalue weighted by molar-refractivity contribution is 0.0972. The van der Waals surface area contributed by atoms with E-state index >= 15 is 0 Å². The Hall–Kier alpha value is -4.27. The van der Waals surface area contributed by atoms with Crippen molar-refractivity contribution in [2.75, 3.05) is 5.73 Å². The molecule has 0 radical (unpaired) electrons. The second-order valence-electron chi connectivity index (χ2n) is 10.5. The van der Waals surface area contributed by atoms with E-state index in [2.05, 4.69) is 59.4 Å². The molecule has 38 heavy (non-hydrogen) atoms. The quantitative estimate of drug-likeness (QED) is 0.369. The minimum Gasteiger partial charge on any atom is -0.369 e. The Kier molecular flexibility index (Phi) is 7.48. The zero-order valence-electron chi connectivity index (χ0n) is 22.8. The lowest BCUT2D eigenvalue weighted by atomic mass is 9.71. The molecule has 1 atom stereocenters. The number of hydrogen-bond donors (Lipinski definition) is 1. The molecule has 0 spiro atoms. The first-order chi connectivity index (χ1) is 18.0. The fraction of sp³-hybridized carbons (Fsp3) is 0.345. The predicted molar refractivity (Wildman–Crippen MR) is 151 cm³/mol. The standard InChI is InChI=1S/C29H35N7O2/c1-19(10-11-22-21(3)23(12-13-29(22,4)5)35-15-14-31-17-35)8-7-9-20(2)16-24(37)36-18-32-25-26(36)33-28(30)34(6)27(25)38/h7-11,14-18,23H,12-13H2,1-6H3,(H2,30,33). The number of fused-ring (bicyclic) bond motifs is 1. The molecule has 0 bridgehead atoms. The summed E-state index contributed by atoms with van der Waals surface area (Å²) in [5, 5.41) is 0. The van der Waals surface area contributed by atoms with Crippen LogP contribution in [-0.2, 0) is 7.05 Å². The number of carbonyl (C=O) groups excluding carboxylic acids is 1. The number of nitrogens with two attached hydrogens (primary N) is 1. The molecule has 0 saturated heterocycles. The Labute approximate surface area is 222 Å². The van der Waals surface area contributed by atoms with E-state index < -0.39 is 5.56 Å². The van der Waals surface area contributed by atoms with Crippen molar-refractivity contribution < 1.29 is 4.79 Å². The van der Waals surface area contributed by atoms with Gasteiger partial charge in [0.1, 0.15) is 6.33 Å². The van der Waals surface area contributed by atoms with Gasteiger partial charge in [-0.2, -0.15) is 4.98 Å². The molecule has 0 saturated carbocycles. The Morgan fingerprint density at radius 2 is 1.95 bits per heavy atom. The highest BCUT2D eigenvalue weighted by atomic mass is 16.2. The van der Waals surface area contributed by atoms with Gasteiger partial charge in [-0.05, 0) is 55.7 Å². The largest absolute Gasteiger partial charge is 0.369 e. The number of carbonyl (C=O) groups is 1. The number of nitrogens with zero attached hydrogens (tertiary/aromatic N) is 6. The number of hydrogen-bond acceptors (Lipinski definition) is 6. The van der Waals surface area contributed by atoms with Crippen LogP contribution in [0, 0.1) is 5.41 Å². The highest BCUT2D eigenvalue weighted by Crippen LogP contribution is 2.45. The summed E-state index contributed by atoms with van der Waals surface area (Å²) in [6.07, 6.45) is 20.9. The van der Waals surface area contributed by atoms with Gasteiger partial charge in [-0.1, -0.05) is 49.8 Å². The molecule has 2 N–H and O–H groups in total. The van der Waals surface area contributed by atoms with Gasteiger partial charge in [-0.25, -0.2) is 14.5 Å². The minimum absolute atomic E-state index is 0.0196. The number of aromatic nitrogens is 6. The van der Waals surface area contributed by atoms with Crippen molar-refractivity contribution in [2.45, 2.75) is 53.5 Å². The molecule has 1 unspecified atom stereocenters. The van der Waals surface area contributed by atoms with Crippen LogP contribution in [0.4, 0.5) is 5.95 Å². The van der Waals surface area contributed by atoms with Crippen LogP contribution in [0.2, 0.25) is 0 Å². The van der Waals surface area contributed by atoms with Gasteiger partial charge in [-0.15, -0.1) is 0 Å². The van der Waals surface area contributed by atoms with Gasteiger partial charge in [0.05, 0.1) is 12.4 Å². The molecule has 9 heteroatoms. The molecule has 0 aromatic carbocycles. The van der Waals surface area contributed by atoms with Crippen LogP contribution in [0.1, 0.15) is 58.3 Å². The van der Waals surface area contributed by atoms with E-state index in [0.29, 0.717) is 6.04 Å². The van der Waals surface area contributed by atoms with Crippen molar-refractivity contribution in [1.29, 1.82) is 0 Å². The van der Waals surface area contributed by atoms with Crippen LogP contribution in [-0.4, -0.2) is 34.6 Å². The first-order valence-electron chi connectivity index (χ1n) is 12.6. The van der Waals surface area contributed by atoms with Crippen LogP contribution < -0.4 is 11.3 Å². The molecule has 4 rings (SSSR count). The van der Waals surface area contributed by atoms with Crippen LogP contribution in [0.15, 0.2) is 88.6 Å². The maximum absolute atomic E-state index is 12.8. The monoisotopic (exact) mass is 513 g/mol. The van der Waals surface area contributed by atoms with Crippen molar-refractivity contribution in [3.05, 3.63) is 94.2 Å². The second kappa shape index (κ2) is 10.6. The molecule has 1 aliphatic rings. The third kappa shape index (κ3) is 5.37. The summed E-state index contributed by atoms with van der Waals surface area (Å²) < 4.78 is 4.62. The van der Waals surface area contributed by atoms with Gasteiger partial charge < -0.3 is 10.3 Å². The predicted octanol–water partition coefficient (Wildman–Crippen LogP) is 4.93. The zero-order valence-corrected chi connectivity index (χ0v) is 22.8. The number of anilines is 1. The fourth-order valence-electron chi connectivity index (χ4n) is 4.89. The Morgan fingerprint density at radius 3 is 2.66 bits per heavy atom. The zero-order chi connectivity index (χ0) is 27.6. The lowest BCUT2D eigenvalue weighted by Gasteiger charge is -2.37. The van der Waals surface area contributed by atoms with E-state index in [-0.39, 0.29) is 28.4 Å². The average molecular weight is 514 g/mol. The molecule has 0 amide bonds. The molecule has 1 aliphatic carbocycles. The molecular weight excluding hydrogens is 478 g/mol. The Morgan fingerprint density at radius 1 is 1.18 bits per heavy atom. The van der Waals surface area contributed by atoms with Gasteiger partial charge in [0.25, 0.3) is 11.5 Å². The smallest absolute Gasteiger partial charge is 0.282 e. The molecule has 0 aliphatic heterocycles. The molecule has 0 fully saturated rings. The third-order valence-corrected chi connectivity index (χ3v) is 7.21. The fourth-order valence-corrected chi connectivity index (χ4v) is 4.89. The summed E-state index contributed by atoms with van der Waals surface area (Å²) in [5.74, 6) is -0.337. The van der Waals surface area contributed by atoms with Crippen LogP contribution in [0.5, 0.6) is 0 Å². The summed E-state index contributed by atoms with van der Waals surface area (Å²) in [6.45, 7) is 10.7. The normalized spacial score (nSPS) is 18.8. The summed E-state index contributed by atoms with van der Waals surface area (Å²) in [7, 11) is 1.51. The van der Waals surface area contributed by atoms with Crippen LogP contribution in [0.25, 0.3) is 11.2 Å². The maximum atomic E-state index is 12.8. The van der Waals surface area contributed by atoms with E-state index in [1.165, 1.54) is 39.7 Å². The third-order valence-electron chi connectivity index (χ3n) is 7.21.